The van der Waals surface area contributed by atoms with Gasteiger partial charge < -0.3 is 5.32 Å². The zero-order valence-electron chi connectivity index (χ0n) is 13.6. The molecular formula is C19H19ClFIN2O. The number of likely N-dealkylation sites (tertiary alicyclic amines) is 1. The van der Waals surface area contributed by atoms with E-state index in [1.807, 2.05) is 46.9 Å². The van der Waals surface area contributed by atoms with Crippen molar-refractivity contribution in [1.82, 2.24) is 10.2 Å². The molecule has 1 N–H and O–H groups in total. The van der Waals surface area contributed by atoms with Crippen molar-refractivity contribution in [3.63, 3.8) is 0 Å². The summed E-state index contributed by atoms with van der Waals surface area (Å²) in [6, 6.07) is 12.3. The van der Waals surface area contributed by atoms with Gasteiger partial charge in [0.2, 0.25) is 0 Å². The summed E-state index contributed by atoms with van der Waals surface area (Å²) in [6.45, 7) is 2.77. The largest absolute Gasteiger partial charge is 0.349 e. The number of piperidine rings is 1. The lowest BCUT2D eigenvalue weighted by molar-refractivity contribution is 0.0908. The van der Waals surface area contributed by atoms with Crippen LogP contribution in [-0.4, -0.2) is 29.9 Å². The van der Waals surface area contributed by atoms with E-state index in [0.29, 0.717) is 9.13 Å². The first-order valence-electron chi connectivity index (χ1n) is 8.24. The molecule has 0 atom stereocenters. The molecule has 3 nitrogen and oxygen atoms in total. The summed E-state index contributed by atoms with van der Waals surface area (Å²) < 4.78 is 13.8. The van der Waals surface area contributed by atoms with Crippen molar-refractivity contribution in [2.75, 3.05) is 13.1 Å². The maximum absolute atomic E-state index is 13.2. The number of carbonyl (C=O) groups is 1. The molecule has 2 aromatic carbocycles. The molecule has 0 saturated carbocycles. The first kappa shape index (κ1) is 18.6. The van der Waals surface area contributed by atoms with E-state index in [-0.39, 0.29) is 17.8 Å². The van der Waals surface area contributed by atoms with Gasteiger partial charge in [-0.2, -0.15) is 0 Å². The first-order chi connectivity index (χ1) is 12.0. The average molecular weight is 473 g/mol. The highest BCUT2D eigenvalue weighted by atomic mass is 127. The molecule has 0 aliphatic carbocycles. The van der Waals surface area contributed by atoms with Crippen LogP contribution in [0.25, 0.3) is 0 Å². The molecule has 1 heterocycles. The van der Waals surface area contributed by atoms with Crippen molar-refractivity contribution in [2.24, 2.45) is 0 Å². The first-order valence-corrected chi connectivity index (χ1v) is 9.69. The van der Waals surface area contributed by atoms with Gasteiger partial charge in [0.15, 0.2) is 0 Å². The third-order valence-electron chi connectivity index (χ3n) is 4.42. The Morgan fingerprint density at radius 3 is 2.52 bits per heavy atom. The molecule has 0 aromatic heterocycles. The summed E-state index contributed by atoms with van der Waals surface area (Å²) in [5.74, 6) is -0.447. The third-order valence-corrected chi connectivity index (χ3v) is 5.56. The minimum atomic E-state index is -0.323. The number of amides is 1. The van der Waals surface area contributed by atoms with Crippen LogP contribution in [0, 0.1) is 9.39 Å². The number of halogens is 3. The Hall–Kier alpha value is -1.18. The predicted octanol–water partition coefficient (Wildman–Crippen LogP) is 4.48. The van der Waals surface area contributed by atoms with Gasteiger partial charge >= 0.3 is 0 Å². The van der Waals surface area contributed by atoms with E-state index in [0.717, 1.165) is 37.5 Å². The second-order valence-corrected chi connectivity index (χ2v) is 7.87. The maximum atomic E-state index is 13.2. The third kappa shape index (κ3) is 5.15. The normalized spacial score (nSPS) is 16.0. The van der Waals surface area contributed by atoms with Gasteiger partial charge in [-0.15, -0.1) is 0 Å². The van der Waals surface area contributed by atoms with Gasteiger partial charge in [0, 0.05) is 34.3 Å². The average Bonchev–Trinajstić information content (AvgIpc) is 2.58. The van der Waals surface area contributed by atoms with Crippen LogP contribution >= 0.6 is 34.2 Å². The molecule has 0 radical (unpaired) electrons. The number of benzene rings is 2. The molecule has 1 fully saturated rings. The molecule has 0 unspecified atom stereocenters. The fourth-order valence-corrected chi connectivity index (χ4v) is 3.87. The van der Waals surface area contributed by atoms with Gasteiger partial charge in [-0.05, 0) is 71.3 Å². The van der Waals surface area contributed by atoms with Crippen molar-refractivity contribution in [3.05, 3.63) is 68.0 Å². The molecule has 3 rings (SSSR count). The quantitative estimate of drug-likeness (QED) is 0.666. The molecule has 1 aliphatic rings. The Morgan fingerprint density at radius 1 is 1.20 bits per heavy atom. The van der Waals surface area contributed by atoms with E-state index in [2.05, 4.69) is 10.2 Å². The van der Waals surface area contributed by atoms with E-state index in [1.54, 1.807) is 6.07 Å². The highest BCUT2D eigenvalue weighted by molar-refractivity contribution is 14.1. The summed E-state index contributed by atoms with van der Waals surface area (Å²) in [5, 5.41) is 3.83. The second kappa shape index (κ2) is 8.47. The lowest BCUT2D eigenvalue weighted by Gasteiger charge is -2.32. The van der Waals surface area contributed by atoms with Crippen molar-refractivity contribution >= 4 is 40.1 Å². The summed E-state index contributed by atoms with van der Waals surface area (Å²) in [5.41, 5.74) is 1.78. The Balaban J connectivity index is 1.50. The lowest BCUT2D eigenvalue weighted by Crippen LogP contribution is -2.44. The SMILES string of the molecule is O=C(NC1CCN(Cc2ccc(Cl)cc2)CC1)c1ccc(F)cc1I. The minimum absolute atomic E-state index is 0.124. The van der Waals surface area contributed by atoms with Crippen LogP contribution in [0.4, 0.5) is 4.39 Å². The molecule has 1 amide bonds. The van der Waals surface area contributed by atoms with Crippen molar-refractivity contribution in [1.29, 1.82) is 0 Å². The fourth-order valence-electron chi connectivity index (χ4n) is 3.02. The molecule has 1 aliphatic heterocycles. The monoisotopic (exact) mass is 472 g/mol. The highest BCUT2D eigenvalue weighted by Gasteiger charge is 2.22. The molecule has 6 heteroatoms. The van der Waals surface area contributed by atoms with Crippen LogP contribution in [0.2, 0.25) is 5.02 Å². The Labute approximate surface area is 165 Å². The molecule has 1 saturated heterocycles. The predicted molar refractivity (Wildman–Crippen MR) is 106 cm³/mol. The fraction of sp³-hybridized carbons (Fsp3) is 0.316. The number of hydrogen-bond donors (Lipinski definition) is 1. The van der Waals surface area contributed by atoms with E-state index in [9.17, 15) is 9.18 Å². The number of nitrogens with zero attached hydrogens (tertiary/aromatic N) is 1. The Bertz CT molecular complexity index is 746. The summed E-state index contributed by atoms with van der Waals surface area (Å²) in [4.78, 5) is 14.8. The van der Waals surface area contributed by atoms with Crippen LogP contribution in [0.3, 0.4) is 0 Å². The summed E-state index contributed by atoms with van der Waals surface area (Å²) in [7, 11) is 0. The van der Waals surface area contributed by atoms with Gasteiger partial charge in [0.1, 0.15) is 5.82 Å². The molecular weight excluding hydrogens is 454 g/mol. The van der Waals surface area contributed by atoms with Gasteiger partial charge in [-0.25, -0.2) is 4.39 Å². The van der Waals surface area contributed by atoms with Crippen LogP contribution < -0.4 is 5.32 Å². The van der Waals surface area contributed by atoms with Gasteiger partial charge in [-0.1, -0.05) is 23.7 Å². The lowest BCUT2D eigenvalue weighted by atomic mass is 10.0. The zero-order valence-corrected chi connectivity index (χ0v) is 16.6. The molecule has 132 valence electrons. The molecule has 2 aromatic rings. The maximum Gasteiger partial charge on any atom is 0.252 e. The van der Waals surface area contributed by atoms with E-state index in [4.69, 9.17) is 11.6 Å². The van der Waals surface area contributed by atoms with E-state index in [1.165, 1.54) is 17.7 Å². The van der Waals surface area contributed by atoms with Crippen molar-refractivity contribution in [3.8, 4) is 0 Å². The van der Waals surface area contributed by atoms with E-state index < -0.39 is 0 Å². The molecule has 0 spiro atoms. The minimum Gasteiger partial charge on any atom is -0.349 e. The van der Waals surface area contributed by atoms with Crippen molar-refractivity contribution < 1.29 is 9.18 Å². The number of hydrogen-bond acceptors (Lipinski definition) is 2. The van der Waals surface area contributed by atoms with Crippen LogP contribution in [0.1, 0.15) is 28.8 Å². The van der Waals surface area contributed by atoms with E-state index >= 15 is 0 Å². The molecule has 0 bridgehead atoms. The molecule has 25 heavy (non-hydrogen) atoms. The van der Waals surface area contributed by atoms with Gasteiger partial charge in [0.25, 0.3) is 5.91 Å². The topological polar surface area (TPSA) is 32.3 Å². The number of rotatable bonds is 4. The van der Waals surface area contributed by atoms with Crippen LogP contribution in [0.5, 0.6) is 0 Å². The zero-order chi connectivity index (χ0) is 17.8. The Kier molecular flexibility index (Phi) is 6.30. The van der Waals surface area contributed by atoms with Crippen LogP contribution in [-0.2, 0) is 6.54 Å². The standard InChI is InChI=1S/C19H19ClFIN2O/c20-14-3-1-13(2-4-14)12-24-9-7-16(8-10-24)23-19(25)17-6-5-15(21)11-18(17)22/h1-6,11,16H,7-10,12H2,(H,23,25). The highest BCUT2D eigenvalue weighted by Crippen LogP contribution is 2.18. The Morgan fingerprint density at radius 2 is 1.88 bits per heavy atom. The smallest absolute Gasteiger partial charge is 0.252 e. The van der Waals surface area contributed by atoms with Crippen molar-refractivity contribution in [2.45, 2.75) is 25.4 Å². The second-order valence-electron chi connectivity index (χ2n) is 6.27. The van der Waals surface area contributed by atoms with Gasteiger partial charge in [0.05, 0.1) is 5.56 Å². The summed E-state index contributed by atoms with van der Waals surface area (Å²) in [6.07, 6.45) is 1.83. The van der Waals surface area contributed by atoms with Gasteiger partial charge in [-0.3, -0.25) is 9.69 Å². The number of carbonyl (C=O) groups excluding carboxylic acids is 1. The summed E-state index contributed by atoms with van der Waals surface area (Å²) >= 11 is 7.91. The number of nitrogens with one attached hydrogen (secondary N) is 1. The van der Waals surface area contributed by atoms with Crippen LogP contribution in [0.15, 0.2) is 42.5 Å².